The summed E-state index contributed by atoms with van der Waals surface area (Å²) < 4.78 is 13.3. The number of carbonyl (C=O) groups excluding carboxylic acids is 1. The van der Waals surface area contributed by atoms with Gasteiger partial charge in [-0.15, -0.1) is 0 Å². The van der Waals surface area contributed by atoms with Crippen molar-refractivity contribution in [3.05, 3.63) is 59.4 Å². The number of halogens is 1. The fraction of sp³-hybridized carbons (Fsp3) is 0.188. The van der Waals surface area contributed by atoms with Gasteiger partial charge < -0.3 is 4.90 Å². The van der Waals surface area contributed by atoms with Crippen LogP contribution in [0.15, 0.2) is 42.5 Å². The number of nitrogens with zero attached hydrogens (tertiary/aromatic N) is 1. The molecule has 0 aromatic heterocycles. The molecule has 2 aromatic rings. The fourth-order valence-electron chi connectivity index (χ4n) is 2.15. The summed E-state index contributed by atoms with van der Waals surface area (Å²) in [5.41, 5.74) is 3.20. The van der Waals surface area contributed by atoms with Crippen LogP contribution < -0.4 is 4.90 Å². The zero-order valence-electron chi connectivity index (χ0n) is 11.3. The molecule has 0 aliphatic carbocycles. The molecule has 2 aromatic carbocycles. The standard InChI is InChI=1S/C16H16FNO/c1-11-6-4-5-7-15(11)18(3)16-9-8-13(17)10-14(16)12(2)19/h4-10H,1-3H3. The number of Topliss-reactive ketones (excluding diaryl/α,β-unsaturated/α-hetero) is 1. The van der Waals surface area contributed by atoms with Gasteiger partial charge in [0.2, 0.25) is 0 Å². The van der Waals surface area contributed by atoms with Crippen LogP contribution in [0.25, 0.3) is 0 Å². The van der Waals surface area contributed by atoms with E-state index in [-0.39, 0.29) is 5.78 Å². The van der Waals surface area contributed by atoms with Gasteiger partial charge in [-0.3, -0.25) is 4.79 Å². The number of ketones is 1. The summed E-state index contributed by atoms with van der Waals surface area (Å²) in [5.74, 6) is -0.540. The molecule has 0 saturated carbocycles. The molecule has 0 unspecified atom stereocenters. The first-order valence-corrected chi connectivity index (χ1v) is 6.10. The van der Waals surface area contributed by atoms with Crippen LogP contribution in [0, 0.1) is 12.7 Å². The molecule has 0 radical (unpaired) electrons. The molecule has 0 N–H and O–H groups in total. The molecule has 0 atom stereocenters. The first-order chi connectivity index (χ1) is 9.00. The predicted octanol–water partition coefficient (Wildman–Crippen LogP) is 4.10. The van der Waals surface area contributed by atoms with Gasteiger partial charge in [0.05, 0.1) is 5.69 Å². The lowest BCUT2D eigenvalue weighted by Gasteiger charge is -2.23. The van der Waals surface area contributed by atoms with Gasteiger partial charge in [-0.1, -0.05) is 18.2 Å². The molecule has 0 saturated heterocycles. The molecule has 0 bridgehead atoms. The topological polar surface area (TPSA) is 20.3 Å². The molecule has 2 nitrogen and oxygen atoms in total. The number of para-hydroxylation sites is 1. The first-order valence-electron chi connectivity index (χ1n) is 6.10. The molecule has 0 heterocycles. The fourth-order valence-corrected chi connectivity index (χ4v) is 2.15. The average molecular weight is 257 g/mol. The molecule has 2 rings (SSSR count). The Labute approximate surface area is 112 Å². The minimum absolute atomic E-state index is 0.144. The highest BCUT2D eigenvalue weighted by Gasteiger charge is 2.14. The molecule has 0 aliphatic heterocycles. The van der Waals surface area contributed by atoms with Crippen LogP contribution in [-0.4, -0.2) is 12.8 Å². The number of carbonyl (C=O) groups is 1. The third kappa shape index (κ3) is 2.65. The molecule has 0 amide bonds. The molecule has 0 spiro atoms. The van der Waals surface area contributed by atoms with E-state index in [0.717, 1.165) is 11.3 Å². The molecular formula is C16H16FNO. The van der Waals surface area contributed by atoms with Crippen molar-refractivity contribution in [2.24, 2.45) is 0 Å². The van der Waals surface area contributed by atoms with Crippen molar-refractivity contribution >= 4 is 17.2 Å². The Kier molecular flexibility index (Phi) is 3.65. The van der Waals surface area contributed by atoms with Crippen LogP contribution in [0.1, 0.15) is 22.8 Å². The van der Waals surface area contributed by atoms with Crippen molar-refractivity contribution in [2.45, 2.75) is 13.8 Å². The smallest absolute Gasteiger partial charge is 0.162 e. The van der Waals surface area contributed by atoms with Gasteiger partial charge in [0.15, 0.2) is 5.78 Å². The maximum absolute atomic E-state index is 13.3. The van der Waals surface area contributed by atoms with Crippen LogP contribution in [-0.2, 0) is 0 Å². The largest absolute Gasteiger partial charge is 0.344 e. The molecule has 0 aliphatic rings. The Morgan fingerprint density at radius 3 is 2.42 bits per heavy atom. The van der Waals surface area contributed by atoms with E-state index in [4.69, 9.17) is 0 Å². The van der Waals surface area contributed by atoms with E-state index < -0.39 is 5.82 Å². The van der Waals surface area contributed by atoms with Crippen molar-refractivity contribution in [1.82, 2.24) is 0 Å². The van der Waals surface area contributed by atoms with Crippen molar-refractivity contribution in [1.29, 1.82) is 0 Å². The maximum Gasteiger partial charge on any atom is 0.162 e. The summed E-state index contributed by atoms with van der Waals surface area (Å²) in [6, 6.07) is 12.2. The Hall–Kier alpha value is -2.16. The Morgan fingerprint density at radius 2 is 1.79 bits per heavy atom. The third-order valence-electron chi connectivity index (χ3n) is 3.18. The summed E-state index contributed by atoms with van der Waals surface area (Å²) >= 11 is 0. The number of anilines is 2. The van der Waals surface area contributed by atoms with E-state index in [0.29, 0.717) is 11.3 Å². The molecule has 3 heteroatoms. The summed E-state index contributed by atoms with van der Waals surface area (Å²) in [4.78, 5) is 13.6. The van der Waals surface area contributed by atoms with E-state index in [1.54, 1.807) is 6.07 Å². The molecule has 19 heavy (non-hydrogen) atoms. The summed E-state index contributed by atoms with van der Waals surface area (Å²) in [7, 11) is 1.88. The molecule has 0 fully saturated rings. The van der Waals surface area contributed by atoms with Gasteiger partial charge in [-0.2, -0.15) is 0 Å². The van der Waals surface area contributed by atoms with E-state index >= 15 is 0 Å². The SMILES string of the molecule is CC(=O)c1cc(F)ccc1N(C)c1ccccc1C. The van der Waals surface area contributed by atoms with Gasteiger partial charge in [-0.05, 0) is 43.7 Å². The quantitative estimate of drug-likeness (QED) is 0.771. The van der Waals surface area contributed by atoms with Crippen LogP contribution in [0.3, 0.4) is 0 Å². The van der Waals surface area contributed by atoms with Gasteiger partial charge in [0, 0.05) is 18.3 Å². The lowest BCUT2D eigenvalue weighted by Crippen LogP contribution is -2.14. The highest BCUT2D eigenvalue weighted by Crippen LogP contribution is 2.30. The highest BCUT2D eigenvalue weighted by atomic mass is 19.1. The maximum atomic E-state index is 13.3. The van der Waals surface area contributed by atoms with Crippen molar-refractivity contribution < 1.29 is 9.18 Å². The third-order valence-corrected chi connectivity index (χ3v) is 3.18. The van der Waals surface area contributed by atoms with E-state index in [1.807, 2.05) is 43.1 Å². The van der Waals surface area contributed by atoms with E-state index in [9.17, 15) is 9.18 Å². The Morgan fingerprint density at radius 1 is 1.11 bits per heavy atom. The average Bonchev–Trinajstić information content (AvgIpc) is 2.38. The van der Waals surface area contributed by atoms with Crippen LogP contribution >= 0.6 is 0 Å². The van der Waals surface area contributed by atoms with Gasteiger partial charge in [-0.25, -0.2) is 4.39 Å². The van der Waals surface area contributed by atoms with Crippen LogP contribution in [0.4, 0.5) is 15.8 Å². The first kappa shape index (κ1) is 13.3. The highest BCUT2D eigenvalue weighted by molar-refractivity contribution is 6.00. The number of rotatable bonds is 3. The minimum Gasteiger partial charge on any atom is -0.344 e. The second-order valence-corrected chi connectivity index (χ2v) is 4.56. The summed E-state index contributed by atoms with van der Waals surface area (Å²) in [5, 5.41) is 0. The number of hydrogen-bond donors (Lipinski definition) is 0. The van der Waals surface area contributed by atoms with Gasteiger partial charge in [0.1, 0.15) is 5.82 Å². The van der Waals surface area contributed by atoms with Crippen molar-refractivity contribution in [2.75, 3.05) is 11.9 Å². The van der Waals surface area contributed by atoms with Crippen LogP contribution in [0.5, 0.6) is 0 Å². The van der Waals surface area contributed by atoms with E-state index in [1.165, 1.54) is 19.1 Å². The molecule has 98 valence electrons. The van der Waals surface area contributed by atoms with Crippen LogP contribution in [0.2, 0.25) is 0 Å². The van der Waals surface area contributed by atoms with Crippen molar-refractivity contribution in [3.8, 4) is 0 Å². The second kappa shape index (κ2) is 5.22. The Balaban J connectivity index is 2.53. The van der Waals surface area contributed by atoms with Gasteiger partial charge >= 0.3 is 0 Å². The van der Waals surface area contributed by atoms with Crippen molar-refractivity contribution in [3.63, 3.8) is 0 Å². The normalized spacial score (nSPS) is 10.3. The Bertz CT molecular complexity index is 622. The zero-order valence-corrected chi connectivity index (χ0v) is 11.3. The monoisotopic (exact) mass is 257 g/mol. The number of hydrogen-bond acceptors (Lipinski definition) is 2. The predicted molar refractivity (Wildman–Crippen MR) is 75.6 cm³/mol. The summed E-state index contributed by atoms with van der Waals surface area (Å²) in [6.07, 6.45) is 0. The lowest BCUT2D eigenvalue weighted by molar-refractivity contribution is 0.101. The lowest BCUT2D eigenvalue weighted by atomic mass is 10.1. The van der Waals surface area contributed by atoms with Gasteiger partial charge in [0.25, 0.3) is 0 Å². The minimum atomic E-state index is -0.396. The summed E-state index contributed by atoms with van der Waals surface area (Å²) in [6.45, 7) is 3.45. The zero-order chi connectivity index (χ0) is 14.0. The number of aryl methyl sites for hydroxylation is 1. The van der Waals surface area contributed by atoms with E-state index in [2.05, 4.69) is 0 Å². The molecular weight excluding hydrogens is 241 g/mol. The number of benzene rings is 2. The second-order valence-electron chi connectivity index (χ2n) is 4.56.